The molecule has 1 aliphatic carbocycles. The topological polar surface area (TPSA) is 72.3 Å². The van der Waals surface area contributed by atoms with Gasteiger partial charge in [0.1, 0.15) is 11.7 Å². The van der Waals surface area contributed by atoms with Crippen molar-refractivity contribution < 1.29 is 14.6 Å². The summed E-state index contributed by atoms with van der Waals surface area (Å²) in [6, 6.07) is 0. The molecule has 20 heavy (non-hydrogen) atoms. The molecular formula is C15H22N2O3. The van der Waals surface area contributed by atoms with Crippen LogP contribution in [0.5, 0.6) is 5.88 Å². The van der Waals surface area contributed by atoms with Gasteiger partial charge in [0.2, 0.25) is 5.88 Å². The number of hydrogen-bond donors (Lipinski definition) is 1. The van der Waals surface area contributed by atoms with E-state index in [0.29, 0.717) is 17.2 Å². The summed E-state index contributed by atoms with van der Waals surface area (Å²) < 4.78 is 5.86. The highest BCUT2D eigenvalue weighted by Crippen LogP contribution is 2.30. The number of aromatic carboxylic acids is 1. The van der Waals surface area contributed by atoms with Crippen molar-refractivity contribution in [2.45, 2.75) is 59.0 Å². The molecule has 2 unspecified atom stereocenters. The number of carboxylic acids is 1. The first-order chi connectivity index (χ1) is 9.52. The summed E-state index contributed by atoms with van der Waals surface area (Å²) in [5.74, 6) is -0.165. The van der Waals surface area contributed by atoms with Gasteiger partial charge < -0.3 is 9.84 Å². The molecule has 110 valence electrons. The second-order valence-corrected chi connectivity index (χ2v) is 5.58. The number of aryl methyl sites for hydroxylation is 1. The number of aromatic nitrogens is 2. The molecule has 1 aliphatic rings. The molecule has 1 fully saturated rings. The average Bonchev–Trinajstić information content (AvgIpc) is 2.43. The monoisotopic (exact) mass is 278 g/mol. The summed E-state index contributed by atoms with van der Waals surface area (Å²) in [6.07, 6.45) is 5.51. The third-order valence-corrected chi connectivity index (χ3v) is 4.23. The van der Waals surface area contributed by atoms with Gasteiger partial charge in [-0.05, 0) is 44.6 Å². The Morgan fingerprint density at radius 3 is 2.75 bits per heavy atom. The summed E-state index contributed by atoms with van der Waals surface area (Å²) in [6.45, 7) is 5.69. The van der Waals surface area contributed by atoms with E-state index in [9.17, 15) is 9.90 Å². The third-order valence-electron chi connectivity index (χ3n) is 4.23. The second kappa shape index (κ2) is 6.20. The molecule has 0 bridgehead atoms. The van der Waals surface area contributed by atoms with Crippen LogP contribution in [0.2, 0.25) is 0 Å². The zero-order valence-corrected chi connectivity index (χ0v) is 12.3. The molecule has 0 spiro atoms. The number of carbonyl (C=O) groups is 1. The molecule has 1 aromatic heterocycles. The van der Waals surface area contributed by atoms with Crippen molar-refractivity contribution in [2.75, 3.05) is 0 Å². The predicted molar refractivity (Wildman–Crippen MR) is 75.1 cm³/mol. The van der Waals surface area contributed by atoms with E-state index in [1.54, 1.807) is 13.8 Å². The Hall–Kier alpha value is -1.65. The lowest BCUT2D eigenvalue weighted by atomic mass is 9.85. The van der Waals surface area contributed by atoms with E-state index in [-0.39, 0.29) is 17.5 Å². The second-order valence-electron chi connectivity index (χ2n) is 5.58. The van der Waals surface area contributed by atoms with Crippen LogP contribution < -0.4 is 4.74 Å². The van der Waals surface area contributed by atoms with E-state index in [4.69, 9.17) is 4.74 Å². The SMILES string of the molecule is CCC1CCCC(Oc2nnc(C)c(C)c2C(=O)O)C1. The first-order valence-corrected chi connectivity index (χ1v) is 7.26. The number of hydrogen-bond acceptors (Lipinski definition) is 4. The van der Waals surface area contributed by atoms with Gasteiger partial charge in [-0.25, -0.2) is 4.79 Å². The van der Waals surface area contributed by atoms with Gasteiger partial charge in [-0.15, -0.1) is 5.10 Å². The lowest BCUT2D eigenvalue weighted by Crippen LogP contribution is -2.26. The van der Waals surface area contributed by atoms with Gasteiger partial charge in [-0.1, -0.05) is 19.8 Å². The van der Waals surface area contributed by atoms with Gasteiger partial charge in [0, 0.05) is 0 Å². The van der Waals surface area contributed by atoms with Crippen molar-refractivity contribution in [3.05, 3.63) is 16.8 Å². The zero-order valence-electron chi connectivity index (χ0n) is 12.3. The maximum absolute atomic E-state index is 11.4. The Kier molecular flexibility index (Phi) is 4.57. The maximum atomic E-state index is 11.4. The molecule has 1 saturated carbocycles. The summed E-state index contributed by atoms with van der Waals surface area (Å²) in [7, 11) is 0. The number of carboxylic acid groups (broad SMARTS) is 1. The fourth-order valence-corrected chi connectivity index (χ4v) is 2.80. The van der Waals surface area contributed by atoms with Gasteiger partial charge in [0.05, 0.1) is 5.69 Å². The van der Waals surface area contributed by atoms with E-state index in [1.165, 1.54) is 6.42 Å². The van der Waals surface area contributed by atoms with Crippen molar-refractivity contribution >= 4 is 5.97 Å². The quantitative estimate of drug-likeness (QED) is 0.916. The minimum atomic E-state index is -1.00. The van der Waals surface area contributed by atoms with Crippen LogP contribution in [-0.4, -0.2) is 27.4 Å². The lowest BCUT2D eigenvalue weighted by Gasteiger charge is -2.28. The molecule has 0 aliphatic heterocycles. The molecule has 0 amide bonds. The van der Waals surface area contributed by atoms with Gasteiger partial charge in [0.15, 0.2) is 0 Å². The van der Waals surface area contributed by atoms with Gasteiger partial charge in [0.25, 0.3) is 0 Å². The standard InChI is InChI=1S/C15H22N2O3/c1-4-11-6-5-7-12(8-11)20-14-13(15(18)19)9(2)10(3)16-17-14/h11-12H,4-8H2,1-3H3,(H,18,19). The highest BCUT2D eigenvalue weighted by molar-refractivity contribution is 5.92. The van der Waals surface area contributed by atoms with Gasteiger partial charge in [-0.3, -0.25) is 0 Å². The van der Waals surface area contributed by atoms with Crippen LogP contribution in [0.3, 0.4) is 0 Å². The molecule has 1 aromatic rings. The Balaban J connectivity index is 2.21. The molecule has 1 heterocycles. The molecule has 1 N–H and O–H groups in total. The Labute approximate surface area is 119 Å². The summed E-state index contributed by atoms with van der Waals surface area (Å²) >= 11 is 0. The normalized spacial score (nSPS) is 22.6. The zero-order chi connectivity index (χ0) is 14.7. The maximum Gasteiger partial charge on any atom is 0.341 e. The van der Waals surface area contributed by atoms with Crippen LogP contribution in [0.1, 0.15) is 60.6 Å². The molecule has 2 rings (SSSR count). The number of rotatable bonds is 4. The molecule has 0 saturated heterocycles. The van der Waals surface area contributed by atoms with Crippen LogP contribution in [0.15, 0.2) is 0 Å². The minimum absolute atomic E-state index is 0.0585. The fourth-order valence-electron chi connectivity index (χ4n) is 2.80. The molecule has 5 heteroatoms. The van der Waals surface area contributed by atoms with Gasteiger partial charge >= 0.3 is 5.97 Å². The van der Waals surface area contributed by atoms with Gasteiger partial charge in [-0.2, -0.15) is 5.10 Å². The van der Waals surface area contributed by atoms with E-state index >= 15 is 0 Å². The highest BCUT2D eigenvalue weighted by atomic mass is 16.5. The minimum Gasteiger partial charge on any atom is -0.477 e. The van der Waals surface area contributed by atoms with E-state index in [2.05, 4.69) is 17.1 Å². The van der Waals surface area contributed by atoms with E-state index in [1.807, 2.05) is 0 Å². The van der Waals surface area contributed by atoms with Crippen molar-refractivity contribution in [3.63, 3.8) is 0 Å². The first-order valence-electron chi connectivity index (χ1n) is 7.26. The first kappa shape index (κ1) is 14.8. The highest BCUT2D eigenvalue weighted by Gasteiger charge is 2.26. The van der Waals surface area contributed by atoms with Crippen LogP contribution in [0, 0.1) is 19.8 Å². The Bertz CT molecular complexity index is 502. The number of nitrogens with zero attached hydrogens (tertiary/aromatic N) is 2. The molecule has 2 atom stereocenters. The average molecular weight is 278 g/mol. The van der Waals surface area contributed by atoms with Crippen molar-refractivity contribution in [1.29, 1.82) is 0 Å². The van der Waals surface area contributed by atoms with Crippen molar-refractivity contribution in [1.82, 2.24) is 10.2 Å². The summed E-state index contributed by atoms with van der Waals surface area (Å²) in [5.41, 5.74) is 1.41. The molecule has 5 nitrogen and oxygen atoms in total. The summed E-state index contributed by atoms with van der Waals surface area (Å²) in [4.78, 5) is 11.4. The smallest absolute Gasteiger partial charge is 0.341 e. The largest absolute Gasteiger partial charge is 0.477 e. The van der Waals surface area contributed by atoms with E-state index in [0.717, 1.165) is 25.7 Å². The predicted octanol–water partition coefficient (Wildman–Crippen LogP) is 3.14. The van der Waals surface area contributed by atoms with Crippen LogP contribution in [0.4, 0.5) is 0 Å². The third kappa shape index (κ3) is 3.08. The Morgan fingerprint density at radius 2 is 2.10 bits per heavy atom. The summed E-state index contributed by atoms with van der Waals surface area (Å²) in [5, 5.41) is 17.3. The molecule has 0 aromatic carbocycles. The molecular weight excluding hydrogens is 256 g/mol. The van der Waals surface area contributed by atoms with Crippen molar-refractivity contribution in [2.24, 2.45) is 5.92 Å². The van der Waals surface area contributed by atoms with Crippen LogP contribution in [-0.2, 0) is 0 Å². The van der Waals surface area contributed by atoms with Crippen LogP contribution >= 0.6 is 0 Å². The van der Waals surface area contributed by atoms with Crippen LogP contribution in [0.25, 0.3) is 0 Å². The lowest BCUT2D eigenvalue weighted by molar-refractivity contribution is 0.0676. The molecule has 0 radical (unpaired) electrons. The van der Waals surface area contributed by atoms with E-state index < -0.39 is 5.97 Å². The number of ether oxygens (including phenoxy) is 1. The van der Waals surface area contributed by atoms with Crippen molar-refractivity contribution in [3.8, 4) is 5.88 Å². The Morgan fingerprint density at radius 1 is 1.35 bits per heavy atom. The fraction of sp³-hybridized carbons (Fsp3) is 0.667.